The largest absolute Gasteiger partial charge is 0.350 e. The van der Waals surface area contributed by atoms with Crippen molar-refractivity contribution < 1.29 is 9.59 Å². The van der Waals surface area contributed by atoms with Gasteiger partial charge in [-0.25, -0.2) is 4.98 Å². The van der Waals surface area contributed by atoms with Gasteiger partial charge >= 0.3 is 0 Å². The van der Waals surface area contributed by atoms with Gasteiger partial charge in [0.25, 0.3) is 11.8 Å². The fourth-order valence-electron chi connectivity index (χ4n) is 3.00. The minimum absolute atomic E-state index is 0.164. The van der Waals surface area contributed by atoms with E-state index < -0.39 is 5.91 Å². The third-order valence-corrected chi connectivity index (χ3v) is 4.78. The summed E-state index contributed by atoms with van der Waals surface area (Å²) in [5, 5.41) is 6.02. The Hall–Kier alpha value is -2.66. The molecule has 5 nitrogen and oxygen atoms in total. The Morgan fingerprint density at radius 3 is 2.52 bits per heavy atom. The average Bonchev–Trinajstić information content (AvgIpc) is 2.70. The van der Waals surface area contributed by atoms with Crippen molar-refractivity contribution in [3.8, 4) is 0 Å². The van der Waals surface area contributed by atoms with Crippen LogP contribution in [0.5, 0.6) is 0 Å². The second kappa shape index (κ2) is 9.33. The molecule has 140 valence electrons. The first-order chi connectivity index (χ1) is 13.1. The van der Waals surface area contributed by atoms with E-state index in [9.17, 15) is 9.59 Å². The fraction of sp³-hybridized carbons (Fsp3) is 0.286. The first-order valence-electron chi connectivity index (χ1n) is 9.12. The van der Waals surface area contributed by atoms with E-state index in [-0.39, 0.29) is 17.3 Å². The zero-order valence-electron chi connectivity index (χ0n) is 15.0. The number of halogens is 1. The van der Waals surface area contributed by atoms with Crippen LogP contribution >= 0.6 is 11.6 Å². The lowest BCUT2D eigenvalue weighted by Gasteiger charge is -2.13. The highest BCUT2D eigenvalue weighted by molar-refractivity contribution is 6.33. The molecule has 0 unspecified atom stereocenters. The molecule has 0 fully saturated rings. The van der Waals surface area contributed by atoms with E-state index in [2.05, 4.69) is 21.7 Å². The molecule has 0 aliphatic heterocycles. The fourth-order valence-corrected chi connectivity index (χ4v) is 3.18. The summed E-state index contributed by atoms with van der Waals surface area (Å²) in [6, 6.07) is 11.8. The monoisotopic (exact) mass is 383 g/mol. The van der Waals surface area contributed by atoms with Crippen molar-refractivity contribution in [1.82, 2.24) is 10.3 Å². The van der Waals surface area contributed by atoms with Crippen LogP contribution in [-0.4, -0.2) is 23.3 Å². The molecule has 1 aliphatic rings. The third-order valence-electron chi connectivity index (χ3n) is 4.45. The van der Waals surface area contributed by atoms with E-state index in [1.165, 1.54) is 18.4 Å². The number of hydrogen-bond donors (Lipinski definition) is 2. The maximum absolute atomic E-state index is 12.4. The normalized spacial score (nSPS) is 13.6. The summed E-state index contributed by atoms with van der Waals surface area (Å²) in [7, 11) is 0. The first kappa shape index (κ1) is 19.1. The average molecular weight is 384 g/mol. The van der Waals surface area contributed by atoms with Gasteiger partial charge in [0.05, 0.1) is 10.7 Å². The Labute approximate surface area is 163 Å². The molecule has 0 radical (unpaired) electrons. The molecule has 27 heavy (non-hydrogen) atoms. The van der Waals surface area contributed by atoms with E-state index in [1.54, 1.807) is 42.5 Å². The van der Waals surface area contributed by atoms with Crippen molar-refractivity contribution in [3.63, 3.8) is 0 Å². The number of allylic oxidation sites excluding steroid dienone is 1. The molecule has 0 spiro atoms. The van der Waals surface area contributed by atoms with Crippen molar-refractivity contribution in [2.75, 3.05) is 11.9 Å². The molecule has 1 aromatic carbocycles. The topological polar surface area (TPSA) is 71.1 Å². The van der Waals surface area contributed by atoms with Crippen molar-refractivity contribution in [1.29, 1.82) is 0 Å². The minimum Gasteiger partial charge on any atom is -0.350 e. The van der Waals surface area contributed by atoms with Gasteiger partial charge in [0.2, 0.25) is 0 Å². The van der Waals surface area contributed by atoms with Crippen LogP contribution in [0.25, 0.3) is 0 Å². The molecule has 0 bridgehead atoms. The van der Waals surface area contributed by atoms with Gasteiger partial charge in [0.1, 0.15) is 11.4 Å². The third kappa shape index (κ3) is 5.41. The first-order valence-corrected chi connectivity index (χ1v) is 9.50. The molecule has 6 heteroatoms. The molecular weight excluding hydrogens is 362 g/mol. The van der Waals surface area contributed by atoms with Crippen LogP contribution in [0, 0.1) is 0 Å². The number of para-hydroxylation sites is 1. The summed E-state index contributed by atoms with van der Waals surface area (Å²) in [6.45, 7) is 0.572. The van der Waals surface area contributed by atoms with Crippen LogP contribution in [0.2, 0.25) is 5.02 Å². The van der Waals surface area contributed by atoms with E-state index in [4.69, 9.17) is 11.6 Å². The van der Waals surface area contributed by atoms with Gasteiger partial charge in [0.15, 0.2) is 0 Å². The summed E-state index contributed by atoms with van der Waals surface area (Å²) in [4.78, 5) is 28.9. The SMILES string of the molecule is O=C(NCCC1=CCCCC1)c1cccc(C(=O)Nc2ccccc2Cl)n1. The van der Waals surface area contributed by atoms with E-state index in [0.29, 0.717) is 17.3 Å². The highest BCUT2D eigenvalue weighted by Crippen LogP contribution is 2.21. The lowest BCUT2D eigenvalue weighted by Crippen LogP contribution is -2.26. The molecule has 1 aliphatic carbocycles. The quantitative estimate of drug-likeness (QED) is 0.715. The number of rotatable bonds is 6. The number of carbonyl (C=O) groups is 2. The standard InChI is InChI=1S/C21H22ClN3O2/c22-16-9-4-5-10-17(16)25-21(27)19-12-6-11-18(24-19)20(26)23-14-13-15-7-2-1-3-8-15/h4-7,9-12H,1-3,8,13-14H2,(H,23,26)(H,25,27). The van der Waals surface area contributed by atoms with Crippen LogP contribution in [0.3, 0.4) is 0 Å². The maximum Gasteiger partial charge on any atom is 0.274 e. The van der Waals surface area contributed by atoms with Crippen molar-refractivity contribution >= 4 is 29.1 Å². The number of aromatic nitrogens is 1. The Morgan fingerprint density at radius 1 is 1.00 bits per heavy atom. The number of benzene rings is 1. The van der Waals surface area contributed by atoms with Gasteiger partial charge in [-0.2, -0.15) is 0 Å². The summed E-state index contributed by atoms with van der Waals surface area (Å²) in [5.41, 5.74) is 2.29. The van der Waals surface area contributed by atoms with Crippen LogP contribution in [-0.2, 0) is 0 Å². The second-order valence-corrected chi connectivity index (χ2v) is 6.86. The van der Waals surface area contributed by atoms with Crippen LogP contribution in [0.15, 0.2) is 54.1 Å². The van der Waals surface area contributed by atoms with Gasteiger partial charge in [-0.05, 0) is 56.4 Å². The van der Waals surface area contributed by atoms with Crippen LogP contribution in [0.1, 0.15) is 53.1 Å². The zero-order chi connectivity index (χ0) is 19.1. The summed E-state index contributed by atoms with van der Waals surface area (Å²) < 4.78 is 0. The van der Waals surface area contributed by atoms with E-state index in [0.717, 1.165) is 19.3 Å². The van der Waals surface area contributed by atoms with Crippen LogP contribution < -0.4 is 10.6 Å². The number of nitrogens with zero attached hydrogens (tertiary/aromatic N) is 1. The molecule has 2 N–H and O–H groups in total. The Kier molecular flexibility index (Phi) is 6.60. The van der Waals surface area contributed by atoms with Gasteiger partial charge < -0.3 is 10.6 Å². The Morgan fingerprint density at radius 2 is 1.78 bits per heavy atom. The molecule has 3 rings (SSSR count). The summed E-state index contributed by atoms with van der Waals surface area (Å²) >= 11 is 6.05. The highest BCUT2D eigenvalue weighted by atomic mass is 35.5. The van der Waals surface area contributed by atoms with Gasteiger partial charge in [-0.1, -0.05) is 41.4 Å². The van der Waals surface area contributed by atoms with E-state index >= 15 is 0 Å². The summed E-state index contributed by atoms with van der Waals surface area (Å²) in [5.74, 6) is -0.691. The Balaban J connectivity index is 1.59. The van der Waals surface area contributed by atoms with Crippen molar-refractivity contribution in [2.45, 2.75) is 32.1 Å². The van der Waals surface area contributed by atoms with Crippen molar-refractivity contribution in [3.05, 3.63) is 70.5 Å². The van der Waals surface area contributed by atoms with E-state index in [1.807, 2.05) is 0 Å². The lowest BCUT2D eigenvalue weighted by molar-refractivity contribution is 0.0949. The zero-order valence-corrected chi connectivity index (χ0v) is 15.8. The van der Waals surface area contributed by atoms with Gasteiger partial charge in [0, 0.05) is 6.54 Å². The smallest absolute Gasteiger partial charge is 0.274 e. The molecule has 1 heterocycles. The lowest BCUT2D eigenvalue weighted by atomic mass is 9.97. The number of amides is 2. The predicted octanol–water partition coefficient (Wildman–Crippen LogP) is 4.61. The van der Waals surface area contributed by atoms with Crippen molar-refractivity contribution in [2.24, 2.45) is 0 Å². The Bertz CT molecular complexity index is 864. The van der Waals surface area contributed by atoms with Crippen LogP contribution in [0.4, 0.5) is 5.69 Å². The molecule has 0 saturated heterocycles. The minimum atomic E-state index is -0.412. The predicted molar refractivity (Wildman–Crippen MR) is 107 cm³/mol. The molecule has 1 aromatic heterocycles. The number of anilines is 1. The molecule has 2 aromatic rings. The summed E-state index contributed by atoms with van der Waals surface area (Å²) in [6.07, 6.45) is 7.86. The van der Waals surface area contributed by atoms with Gasteiger partial charge in [-0.3, -0.25) is 9.59 Å². The highest BCUT2D eigenvalue weighted by Gasteiger charge is 2.13. The number of pyridine rings is 1. The number of nitrogens with one attached hydrogen (secondary N) is 2. The maximum atomic E-state index is 12.4. The molecular formula is C21H22ClN3O2. The molecule has 2 amide bonds. The number of hydrogen-bond acceptors (Lipinski definition) is 3. The molecule has 0 atom stereocenters. The second-order valence-electron chi connectivity index (χ2n) is 6.46. The molecule has 0 saturated carbocycles. The van der Waals surface area contributed by atoms with Gasteiger partial charge in [-0.15, -0.1) is 0 Å². The number of carbonyl (C=O) groups excluding carboxylic acids is 2.